The van der Waals surface area contributed by atoms with Crippen LogP contribution in [0.15, 0.2) is 24.3 Å². The first kappa shape index (κ1) is 36.9. The van der Waals surface area contributed by atoms with Gasteiger partial charge in [-0.25, -0.2) is 4.79 Å². The summed E-state index contributed by atoms with van der Waals surface area (Å²) in [6, 6.07) is 6.57. The second-order valence-electron chi connectivity index (χ2n) is 13.8. The summed E-state index contributed by atoms with van der Waals surface area (Å²) in [6.07, 6.45) is -16.8. The van der Waals surface area contributed by atoms with Gasteiger partial charge in [0, 0.05) is 11.8 Å². The molecule has 6 aliphatic rings. The van der Waals surface area contributed by atoms with E-state index in [9.17, 15) is 40.2 Å². The molecule has 0 aromatic heterocycles. The number of benzene rings is 2. The van der Waals surface area contributed by atoms with Crippen molar-refractivity contribution in [3.05, 3.63) is 41.0 Å². The minimum absolute atomic E-state index is 0.0183. The Hall–Kier alpha value is -4.02. The highest BCUT2D eigenvalue weighted by Crippen LogP contribution is 2.57. The van der Waals surface area contributed by atoms with Gasteiger partial charge in [0.1, 0.15) is 42.7 Å². The summed E-state index contributed by atoms with van der Waals surface area (Å²) in [4.78, 5) is 25.4. The van der Waals surface area contributed by atoms with Crippen molar-refractivity contribution in [1.29, 1.82) is 0 Å². The van der Waals surface area contributed by atoms with Crippen molar-refractivity contribution in [3.63, 3.8) is 0 Å². The molecule has 294 valence electrons. The third kappa shape index (κ3) is 6.08. The van der Waals surface area contributed by atoms with E-state index in [4.69, 9.17) is 52.1 Å². The number of rotatable bonds is 8. The molecule has 15 atom stereocenters. The molecular weight excluding hydrogens is 724 g/mol. The van der Waals surface area contributed by atoms with Crippen molar-refractivity contribution >= 4 is 11.9 Å². The summed E-state index contributed by atoms with van der Waals surface area (Å²) >= 11 is 0. The van der Waals surface area contributed by atoms with Crippen LogP contribution in [0.5, 0.6) is 28.7 Å². The number of hydrogen-bond acceptors (Lipinski definition) is 18. The summed E-state index contributed by atoms with van der Waals surface area (Å²) in [5.74, 6) is -3.73. The molecule has 0 saturated carbocycles. The van der Waals surface area contributed by atoms with Crippen LogP contribution in [0.25, 0.3) is 0 Å². The number of aliphatic hydroxyl groups excluding tert-OH is 5. The quantitative estimate of drug-likeness (QED) is 0.175. The Morgan fingerprint density at radius 1 is 0.778 bits per heavy atom. The van der Waals surface area contributed by atoms with E-state index in [0.29, 0.717) is 28.2 Å². The van der Waals surface area contributed by atoms with Gasteiger partial charge in [0.25, 0.3) is 0 Å². The summed E-state index contributed by atoms with van der Waals surface area (Å²) in [7, 11) is 2.65. The van der Waals surface area contributed by atoms with E-state index in [1.807, 2.05) is 0 Å². The van der Waals surface area contributed by atoms with Crippen LogP contribution in [0.3, 0.4) is 0 Å². The molecule has 0 unspecified atom stereocenters. The van der Waals surface area contributed by atoms with E-state index in [2.05, 4.69) is 0 Å². The number of methoxy groups -OCH3 is 2. The second kappa shape index (κ2) is 14.2. The van der Waals surface area contributed by atoms with Gasteiger partial charge in [0.15, 0.2) is 41.7 Å². The smallest absolute Gasteiger partial charge is 0.335 e. The Kier molecular flexibility index (Phi) is 9.74. The minimum atomic E-state index is -1.94. The number of cyclic esters (lactones) is 1. The summed E-state index contributed by atoms with van der Waals surface area (Å²) < 4.78 is 63.5. The van der Waals surface area contributed by atoms with Gasteiger partial charge in [-0.15, -0.1) is 0 Å². The van der Waals surface area contributed by atoms with Crippen LogP contribution in [-0.2, 0) is 38.0 Å². The molecule has 2 aromatic rings. The molecule has 4 saturated heterocycles. The number of fused-ring (bicyclic) bond motifs is 4. The maximum atomic E-state index is 13.7. The monoisotopic (exact) mass is 764 g/mol. The van der Waals surface area contributed by atoms with Crippen LogP contribution in [0.1, 0.15) is 35.6 Å². The molecule has 6 N–H and O–H groups in total. The molecule has 5 aliphatic heterocycles. The van der Waals surface area contributed by atoms with Gasteiger partial charge in [-0.3, -0.25) is 4.79 Å². The largest absolute Gasteiger partial charge is 0.493 e. The van der Waals surface area contributed by atoms with Crippen LogP contribution in [0.2, 0.25) is 0 Å². The number of carboxylic acids is 1. The minimum Gasteiger partial charge on any atom is -0.493 e. The second-order valence-corrected chi connectivity index (χ2v) is 13.8. The number of esters is 1. The molecule has 54 heavy (non-hydrogen) atoms. The fourth-order valence-corrected chi connectivity index (χ4v) is 8.10. The van der Waals surface area contributed by atoms with Crippen molar-refractivity contribution < 1.29 is 92.3 Å². The Labute approximate surface area is 306 Å². The van der Waals surface area contributed by atoms with Crippen LogP contribution >= 0.6 is 0 Å². The molecule has 19 nitrogen and oxygen atoms in total. The maximum absolute atomic E-state index is 13.7. The van der Waals surface area contributed by atoms with Gasteiger partial charge in [-0.2, -0.15) is 0 Å². The molecule has 0 radical (unpaired) electrons. The first-order chi connectivity index (χ1) is 25.9. The van der Waals surface area contributed by atoms with Gasteiger partial charge in [-0.1, -0.05) is 0 Å². The lowest BCUT2D eigenvalue weighted by molar-refractivity contribution is -0.364. The zero-order chi connectivity index (χ0) is 38.2. The van der Waals surface area contributed by atoms with E-state index in [1.54, 1.807) is 31.2 Å². The first-order valence-corrected chi connectivity index (χ1v) is 17.3. The SMILES string of the molecule is COc1cc([C@@H]2c3cc4c(cc3[C@@H](O[C@@H]3O[C@@H]5CO[C@@H](C)O[C@H]5[C@H](O)[C@H]3O)[C@H]3COC(=O)[C@H]23)OCO4)cc(OC)c1O[C@@H]1O[C@H](C(=O)O)[C@@H](O)[C@H](O)[C@H]1O. The fourth-order valence-electron chi connectivity index (χ4n) is 8.10. The van der Waals surface area contributed by atoms with Gasteiger partial charge >= 0.3 is 11.9 Å². The van der Waals surface area contributed by atoms with E-state index in [1.165, 1.54) is 14.2 Å². The van der Waals surface area contributed by atoms with Crippen molar-refractivity contribution in [3.8, 4) is 28.7 Å². The highest BCUT2D eigenvalue weighted by atomic mass is 16.8. The third-order valence-electron chi connectivity index (χ3n) is 10.8. The molecule has 5 heterocycles. The predicted molar refractivity (Wildman–Crippen MR) is 172 cm³/mol. The number of carboxylic acid groups (broad SMARTS) is 1. The zero-order valence-corrected chi connectivity index (χ0v) is 29.1. The maximum Gasteiger partial charge on any atom is 0.335 e. The number of hydrogen-bond donors (Lipinski definition) is 6. The molecule has 1 aliphatic carbocycles. The lowest BCUT2D eigenvalue weighted by Gasteiger charge is -2.47. The third-order valence-corrected chi connectivity index (χ3v) is 10.8. The van der Waals surface area contributed by atoms with Crippen LogP contribution < -0.4 is 23.7 Å². The van der Waals surface area contributed by atoms with E-state index < -0.39 is 103 Å². The molecule has 0 bridgehead atoms. The zero-order valence-electron chi connectivity index (χ0n) is 29.1. The Bertz CT molecular complexity index is 1740. The van der Waals surface area contributed by atoms with Crippen LogP contribution in [-0.4, -0.2) is 145 Å². The van der Waals surface area contributed by atoms with Crippen molar-refractivity contribution in [2.24, 2.45) is 11.8 Å². The summed E-state index contributed by atoms with van der Waals surface area (Å²) in [6.45, 7) is 1.64. The van der Waals surface area contributed by atoms with Gasteiger partial charge in [0.2, 0.25) is 18.8 Å². The van der Waals surface area contributed by atoms with E-state index in [0.717, 1.165) is 0 Å². The molecule has 0 spiro atoms. The van der Waals surface area contributed by atoms with Crippen molar-refractivity contribution in [2.75, 3.05) is 34.2 Å². The molecule has 19 heteroatoms. The standard InChI is InChI=1S/C35H40O19/c1-11-46-9-20-30(50-11)25(38)27(40)34(51-20)52-28-14-7-17-16(48-10-49-17)6-13(14)21(22-15(28)8-47-33(22)43)12-4-18(44-2)29(19(5-12)45-3)53-35-26(39)23(36)24(37)31(54-35)32(41)42/h4-7,11,15,20-28,30-31,34-40H,8-10H2,1-3H3,(H,41,42)/t11-,15+,20-,21-,22+,23+,24+,25-,26-,27-,28-,30-,31+,34+,35-/m1/s1. The molecule has 0 amide bonds. The number of ether oxygens (including phenoxy) is 11. The van der Waals surface area contributed by atoms with Crippen molar-refractivity contribution in [2.45, 2.75) is 86.6 Å². The normalized spacial score (nSPS) is 39.5. The lowest BCUT2D eigenvalue weighted by atomic mass is 9.66. The summed E-state index contributed by atoms with van der Waals surface area (Å²) in [5, 5.41) is 62.9. The fraction of sp³-hybridized carbons (Fsp3) is 0.600. The average molecular weight is 765 g/mol. The molecular formula is C35H40O19. The van der Waals surface area contributed by atoms with Crippen LogP contribution in [0.4, 0.5) is 0 Å². The molecule has 8 rings (SSSR count). The highest BCUT2D eigenvalue weighted by molar-refractivity contribution is 5.79. The first-order valence-electron chi connectivity index (χ1n) is 17.3. The van der Waals surface area contributed by atoms with E-state index in [-0.39, 0.29) is 37.3 Å². The molecule has 2 aromatic carbocycles. The number of carbonyl (C=O) groups is 2. The van der Waals surface area contributed by atoms with Crippen LogP contribution in [0, 0.1) is 11.8 Å². The highest BCUT2D eigenvalue weighted by Gasteiger charge is 2.56. The Morgan fingerprint density at radius 2 is 1.44 bits per heavy atom. The Morgan fingerprint density at radius 3 is 2.11 bits per heavy atom. The Balaban J connectivity index is 1.17. The van der Waals surface area contributed by atoms with Crippen molar-refractivity contribution in [1.82, 2.24) is 0 Å². The molecule has 4 fully saturated rings. The number of carbonyl (C=O) groups excluding carboxylic acids is 1. The van der Waals surface area contributed by atoms with Gasteiger partial charge in [-0.05, 0) is 47.9 Å². The van der Waals surface area contributed by atoms with E-state index >= 15 is 0 Å². The number of aliphatic hydroxyl groups is 5. The lowest BCUT2D eigenvalue weighted by Crippen LogP contribution is -2.63. The van der Waals surface area contributed by atoms with Gasteiger partial charge < -0.3 is 82.7 Å². The van der Waals surface area contributed by atoms with Gasteiger partial charge in [0.05, 0.1) is 39.5 Å². The number of aliphatic carboxylic acids is 1. The summed E-state index contributed by atoms with van der Waals surface area (Å²) in [5.41, 5.74) is 1.60. The average Bonchev–Trinajstić information content (AvgIpc) is 3.79. The predicted octanol–water partition coefficient (Wildman–Crippen LogP) is -1.10. The topological polar surface area (TPSA) is 257 Å².